The lowest BCUT2D eigenvalue weighted by molar-refractivity contribution is -0.136. The second-order valence-corrected chi connectivity index (χ2v) is 11.8. The van der Waals surface area contributed by atoms with Gasteiger partial charge in [0.15, 0.2) is 5.75 Å². The monoisotopic (exact) mass is 627 g/mol. The lowest BCUT2D eigenvalue weighted by atomic mass is 10.1. The van der Waals surface area contributed by atoms with Gasteiger partial charge in [0.05, 0.1) is 15.1 Å². The maximum Gasteiger partial charge on any atom is 0.514 e. The molecule has 0 heterocycles. The van der Waals surface area contributed by atoms with Crippen molar-refractivity contribution in [2.75, 3.05) is 0 Å². The van der Waals surface area contributed by atoms with Crippen molar-refractivity contribution in [3.05, 3.63) is 54.9 Å². The van der Waals surface area contributed by atoms with E-state index in [-0.39, 0.29) is 43.0 Å². The topological polar surface area (TPSA) is 100 Å². The summed E-state index contributed by atoms with van der Waals surface area (Å²) in [6.45, 7) is 10.1. The van der Waals surface area contributed by atoms with Crippen LogP contribution in [-0.2, 0) is 20.7 Å². The predicted octanol–water partition coefficient (Wildman–Crippen LogP) is 8.31. The average Bonchev–Trinajstić information content (AvgIpc) is 2.77. The molecule has 2 aromatic rings. The number of carbonyl (C=O) groups is 3. The predicted molar refractivity (Wildman–Crippen MR) is 147 cm³/mol. The Morgan fingerprint density at radius 3 is 1.68 bits per heavy atom. The van der Waals surface area contributed by atoms with Gasteiger partial charge in [-0.3, -0.25) is 0 Å². The van der Waals surface area contributed by atoms with Gasteiger partial charge in [0.2, 0.25) is 0 Å². The number of benzene rings is 2. The number of esters is 1. The summed E-state index contributed by atoms with van der Waals surface area (Å²) < 4.78 is 20.9. The second kappa shape index (κ2) is 12.8. The molecule has 1 atom stereocenters. The molecule has 0 aromatic heterocycles. The first-order valence-corrected chi connectivity index (χ1v) is 13.0. The molecule has 208 valence electrons. The summed E-state index contributed by atoms with van der Waals surface area (Å²) in [7, 11) is 0. The first-order valence-electron chi connectivity index (χ1n) is 11.1. The highest BCUT2D eigenvalue weighted by Crippen LogP contribution is 2.48. The molecule has 38 heavy (non-hydrogen) atoms. The van der Waals surface area contributed by atoms with E-state index in [1.54, 1.807) is 53.7 Å². The molecule has 0 bridgehead atoms. The fourth-order valence-corrected chi connectivity index (χ4v) is 3.98. The van der Waals surface area contributed by atoms with Crippen LogP contribution in [0.1, 0.15) is 47.1 Å². The zero-order valence-electron chi connectivity index (χ0n) is 21.3. The van der Waals surface area contributed by atoms with Crippen molar-refractivity contribution in [2.24, 2.45) is 0 Å². The second-order valence-electron chi connectivity index (χ2n) is 9.93. The average molecular weight is 630 g/mol. The van der Waals surface area contributed by atoms with Crippen molar-refractivity contribution in [3.63, 3.8) is 0 Å². The maximum absolute atomic E-state index is 13.2. The van der Waals surface area contributed by atoms with E-state index >= 15 is 0 Å². The van der Waals surface area contributed by atoms with E-state index in [1.807, 2.05) is 0 Å². The summed E-state index contributed by atoms with van der Waals surface area (Å²) in [4.78, 5) is 37.5. The molecule has 0 radical (unpaired) electrons. The summed E-state index contributed by atoms with van der Waals surface area (Å²) >= 11 is 30.5. The molecular formula is C25H26Cl5NO7. The summed E-state index contributed by atoms with van der Waals surface area (Å²) in [6.07, 6.45) is -1.78. The van der Waals surface area contributed by atoms with Crippen LogP contribution in [0.4, 0.5) is 9.59 Å². The third-order valence-corrected chi connectivity index (χ3v) is 6.54. The zero-order chi connectivity index (χ0) is 29.0. The van der Waals surface area contributed by atoms with Gasteiger partial charge in [0.1, 0.15) is 33.0 Å². The highest BCUT2D eigenvalue weighted by molar-refractivity contribution is 6.55. The van der Waals surface area contributed by atoms with Gasteiger partial charge in [-0.1, -0.05) is 70.1 Å². The van der Waals surface area contributed by atoms with Gasteiger partial charge in [-0.05, 0) is 59.2 Å². The Hall–Kier alpha value is -2.10. The molecule has 1 amide bonds. The van der Waals surface area contributed by atoms with E-state index in [2.05, 4.69) is 5.32 Å². The van der Waals surface area contributed by atoms with Crippen LogP contribution in [0.5, 0.6) is 11.5 Å². The van der Waals surface area contributed by atoms with E-state index in [0.29, 0.717) is 5.56 Å². The van der Waals surface area contributed by atoms with Gasteiger partial charge >= 0.3 is 18.2 Å². The molecule has 0 fully saturated rings. The number of nitrogens with one attached hydrogen (secondary N) is 1. The number of alkyl carbamates (subject to hydrolysis) is 1. The van der Waals surface area contributed by atoms with E-state index < -0.39 is 35.5 Å². The standard InChI is InChI=1S/C25H26Cl5NO7/c1-24(2,3)37-22(33)31-14(21(32)36-20-18(29)16(27)15(26)17(28)19(20)30)11-12-7-9-13(10-8-12)35-23(34)38-25(4,5)6/h7-10,14H,11H2,1-6H3,(H,31,33)/t14-/m0/s1. The van der Waals surface area contributed by atoms with Crippen LogP contribution in [0.25, 0.3) is 0 Å². The molecule has 1 N–H and O–H groups in total. The van der Waals surface area contributed by atoms with Gasteiger partial charge in [-0.2, -0.15) is 0 Å². The largest absolute Gasteiger partial charge is 0.514 e. The fourth-order valence-electron chi connectivity index (χ4n) is 2.79. The molecule has 0 saturated heterocycles. The van der Waals surface area contributed by atoms with E-state index in [1.165, 1.54) is 12.1 Å². The van der Waals surface area contributed by atoms with Gasteiger partial charge in [-0.15, -0.1) is 0 Å². The summed E-state index contributed by atoms with van der Waals surface area (Å²) in [5.41, 5.74) is -0.977. The number of halogens is 5. The molecule has 0 aliphatic heterocycles. The lowest BCUT2D eigenvalue weighted by Crippen LogP contribution is -2.46. The summed E-state index contributed by atoms with van der Waals surface area (Å²) in [5, 5.41) is 1.56. The van der Waals surface area contributed by atoms with E-state index in [9.17, 15) is 14.4 Å². The number of hydrogen-bond donors (Lipinski definition) is 1. The van der Waals surface area contributed by atoms with Crippen LogP contribution in [0.2, 0.25) is 25.1 Å². The van der Waals surface area contributed by atoms with Crippen LogP contribution in [0.15, 0.2) is 24.3 Å². The SMILES string of the molecule is CC(C)(C)OC(=O)N[C@@H](Cc1ccc(OC(=O)OC(C)(C)C)cc1)C(=O)Oc1c(Cl)c(Cl)c(Cl)c(Cl)c1Cl. The Morgan fingerprint density at radius 1 is 0.737 bits per heavy atom. The third-order valence-electron chi connectivity index (χ3n) is 4.30. The molecule has 0 saturated carbocycles. The van der Waals surface area contributed by atoms with Crippen LogP contribution < -0.4 is 14.8 Å². The highest BCUT2D eigenvalue weighted by atomic mass is 35.5. The quantitative estimate of drug-likeness (QED) is 0.113. The minimum absolute atomic E-state index is 0.0465. The van der Waals surface area contributed by atoms with Crippen LogP contribution in [0, 0.1) is 0 Å². The minimum Gasteiger partial charge on any atom is -0.444 e. The molecule has 13 heteroatoms. The van der Waals surface area contributed by atoms with E-state index in [4.69, 9.17) is 77.0 Å². The minimum atomic E-state index is -1.26. The summed E-state index contributed by atoms with van der Waals surface area (Å²) in [5.74, 6) is -1.05. The van der Waals surface area contributed by atoms with Gasteiger partial charge in [0.25, 0.3) is 0 Å². The zero-order valence-corrected chi connectivity index (χ0v) is 25.1. The van der Waals surface area contributed by atoms with E-state index in [0.717, 1.165) is 0 Å². The van der Waals surface area contributed by atoms with Crippen molar-refractivity contribution in [2.45, 2.75) is 65.2 Å². The highest BCUT2D eigenvalue weighted by Gasteiger charge is 2.30. The molecule has 2 aromatic carbocycles. The Bertz CT molecular complexity index is 1180. The van der Waals surface area contributed by atoms with Crippen molar-refractivity contribution in [1.82, 2.24) is 5.32 Å². The van der Waals surface area contributed by atoms with Crippen LogP contribution in [0.3, 0.4) is 0 Å². The molecule has 0 aliphatic carbocycles. The number of amides is 1. The van der Waals surface area contributed by atoms with Gasteiger partial charge in [0, 0.05) is 6.42 Å². The van der Waals surface area contributed by atoms with Crippen molar-refractivity contribution in [3.8, 4) is 11.5 Å². The Balaban J connectivity index is 2.28. The number of ether oxygens (including phenoxy) is 4. The smallest absolute Gasteiger partial charge is 0.444 e. The van der Waals surface area contributed by atoms with Gasteiger partial charge in [-0.25, -0.2) is 14.4 Å². The van der Waals surface area contributed by atoms with Crippen LogP contribution in [-0.4, -0.2) is 35.5 Å². The first kappa shape index (κ1) is 32.1. The van der Waals surface area contributed by atoms with Crippen LogP contribution >= 0.6 is 58.0 Å². The fraction of sp³-hybridized carbons (Fsp3) is 0.400. The van der Waals surface area contributed by atoms with Crippen molar-refractivity contribution >= 4 is 76.2 Å². The Kier molecular flexibility index (Phi) is 10.8. The molecule has 0 aliphatic rings. The van der Waals surface area contributed by atoms with Crippen molar-refractivity contribution in [1.29, 1.82) is 0 Å². The number of hydrogen-bond acceptors (Lipinski definition) is 7. The lowest BCUT2D eigenvalue weighted by Gasteiger charge is -2.23. The molecule has 8 nitrogen and oxygen atoms in total. The Labute approximate surface area is 245 Å². The molecule has 2 rings (SSSR count). The molecule has 0 unspecified atom stereocenters. The normalized spacial score (nSPS) is 12.4. The first-order chi connectivity index (χ1) is 17.4. The summed E-state index contributed by atoms with van der Waals surface area (Å²) in [6, 6.07) is 4.92. The third kappa shape index (κ3) is 9.58. The number of carbonyl (C=O) groups excluding carboxylic acids is 3. The molecule has 0 spiro atoms. The Morgan fingerprint density at radius 2 is 1.21 bits per heavy atom. The number of rotatable bonds is 6. The maximum atomic E-state index is 13.2. The van der Waals surface area contributed by atoms with Gasteiger partial charge < -0.3 is 24.3 Å². The molecular weight excluding hydrogens is 604 g/mol. The van der Waals surface area contributed by atoms with Crippen molar-refractivity contribution < 1.29 is 33.3 Å².